The first-order valence-corrected chi connectivity index (χ1v) is 9.15. The maximum Gasteiger partial charge on any atom is 0.223 e. The third kappa shape index (κ3) is 5.16. The van der Waals surface area contributed by atoms with Crippen LogP contribution < -0.4 is 4.74 Å². The van der Waals surface area contributed by atoms with Gasteiger partial charge < -0.3 is 19.6 Å². The van der Waals surface area contributed by atoms with E-state index in [0.717, 1.165) is 19.6 Å². The highest BCUT2D eigenvalue weighted by atomic mass is 19.1. The molecule has 2 aliphatic rings. The quantitative estimate of drug-likeness (QED) is 0.853. The van der Waals surface area contributed by atoms with Gasteiger partial charge in [-0.15, -0.1) is 0 Å². The number of nitrogens with zero attached hydrogens (tertiary/aromatic N) is 2. The van der Waals surface area contributed by atoms with Crippen LogP contribution in [0.2, 0.25) is 0 Å². The molecule has 1 atom stereocenters. The Hall–Kier alpha value is -1.66. The monoisotopic (exact) mass is 350 g/mol. The second-order valence-electron chi connectivity index (χ2n) is 7.19. The summed E-state index contributed by atoms with van der Waals surface area (Å²) >= 11 is 0. The van der Waals surface area contributed by atoms with Crippen molar-refractivity contribution in [2.75, 3.05) is 39.3 Å². The second-order valence-corrected chi connectivity index (χ2v) is 7.19. The molecular weight excluding hydrogens is 323 g/mol. The first-order valence-electron chi connectivity index (χ1n) is 9.15. The first kappa shape index (κ1) is 18.1. The lowest BCUT2D eigenvalue weighted by atomic mass is 10.1. The normalized spacial score (nSPS) is 24.5. The van der Waals surface area contributed by atoms with Crippen LogP contribution in [0, 0.1) is 5.82 Å². The molecule has 2 heterocycles. The smallest absolute Gasteiger partial charge is 0.223 e. The van der Waals surface area contributed by atoms with Crippen molar-refractivity contribution in [1.29, 1.82) is 0 Å². The Morgan fingerprint density at radius 3 is 2.80 bits per heavy atom. The number of rotatable bonds is 6. The van der Waals surface area contributed by atoms with Gasteiger partial charge in [-0.25, -0.2) is 4.39 Å². The highest BCUT2D eigenvalue weighted by molar-refractivity contribution is 5.76. The molecule has 1 N–H and O–H groups in total. The third-order valence-corrected chi connectivity index (χ3v) is 5.08. The van der Waals surface area contributed by atoms with E-state index in [0.29, 0.717) is 25.1 Å². The molecule has 0 aliphatic carbocycles. The Bertz CT molecular complexity index is 592. The Morgan fingerprint density at radius 2 is 2.04 bits per heavy atom. The van der Waals surface area contributed by atoms with Crippen molar-refractivity contribution in [3.05, 3.63) is 30.1 Å². The largest absolute Gasteiger partial charge is 0.490 e. The molecule has 1 amide bonds. The molecule has 0 saturated carbocycles. The van der Waals surface area contributed by atoms with E-state index < -0.39 is 5.60 Å². The van der Waals surface area contributed by atoms with Crippen molar-refractivity contribution >= 4 is 5.91 Å². The van der Waals surface area contributed by atoms with E-state index in [2.05, 4.69) is 4.90 Å². The first-order chi connectivity index (χ1) is 12.0. The molecule has 0 radical (unpaired) electrons. The SMILES string of the molecule is O=C(CCN1CCCCC1)N1CC[C@@](O)(COc2cccc(F)c2)C1. The Kier molecular flexibility index (Phi) is 5.91. The average Bonchev–Trinajstić information content (AvgIpc) is 3.02. The highest BCUT2D eigenvalue weighted by Gasteiger charge is 2.38. The molecule has 25 heavy (non-hydrogen) atoms. The summed E-state index contributed by atoms with van der Waals surface area (Å²) in [6.45, 7) is 3.85. The average molecular weight is 350 g/mol. The zero-order chi connectivity index (χ0) is 17.7. The van der Waals surface area contributed by atoms with E-state index in [9.17, 15) is 14.3 Å². The molecule has 2 fully saturated rings. The van der Waals surface area contributed by atoms with Crippen LogP contribution in [-0.4, -0.2) is 65.7 Å². The van der Waals surface area contributed by atoms with E-state index in [4.69, 9.17) is 4.74 Å². The molecular formula is C19H27FN2O3. The van der Waals surface area contributed by atoms with Crippen molar-refractivity contribution in [2.45, 2.75) is 37.7 Å². The van der Waals surface area contributed by atoms with E-state index in [1.54, 1.807) is 17.0 Å². The van der Waals surface area contributed by atoms with Gasteiger partial charge in [-0.05, 0) is 44.5 Å². The molecule has 1 aromatic rings. The number of carbonyl (C=O) groups excluding carboxylic acids is 1. The second kappa shape index (κ2) is 8.15. The van der Waals surface area contributed by atoms with Crippen LogP contribution in [0.1, 0.15) is 32.1 Å². The molecule has 2 aliphatic heterocycles. The number of amides is 1. The van der Waals surface area contributed by atoms with Crippen LogP contribution in [0.3, 0.4) is 0 Å². The lowest BCUT2D eigenvalue weighted by Crippen LogP contribution is -2.41. The summed E-state index contributed by atoms with van der Waals surface area (Å²) in [7, 11) is 0. The zero-order valence-corrected chi connectivity index (χ0v) is 14.6. The lowest BCUT2D eigenvalue weighted by molar-refractivity contribution is -0.131. The van der Waals surface area contributed by atoms with Gasteiger partial charge in [0.15, 0.2) is 0 Å². The van der Waals surface area contributed by atoms with Crippen molar-refractivity contribution in [2.24, 2.45) is 0 Å². The van der Waals surface area contributed by atoms with Crippen LogP contribution in [0.25, 0.3) is 0 Å². The minimum atomic E-state index is -1.06. The summed E-state index contributed by atoms with van der Waals surface area (Å²) in [6, 6.07) is 5.86. The Morgan fingerprint density at radius 1 is 1.24 bits per heavy atom. The summed E-state index contributed by atoms with van der Waals surface area (Å²) in [4.78, 5) is 16.5. The van der Waals surface area contributed by atoms with Gasteiger partial charge >= 0.3 is 0 Å². The van der Waals surface area contributed by atoms with Crippen LogP contribution in [0.5, 0.6) is 5.75 Å². The van der Waals surface area contributed by atoms with Crippen LogP contribution in [0.15, 0.2) is 24.3 Å². The molecule has 3 rings (SSSR count). The van der Waals surface area contributed by atoms with Crippen molar-refractivity contribution in [3.63, 3.8) is 0 Å². The number of benzene rings is 1. The van der Waals surface area contributed by atoms with Crippen molar-refractivity contribution < 1.29 is 19.0 Å². The molecule has 6 heteroatoms. The molecule has 0 unspecified atom stereocenters. The molecule has 0 spiro atoms. The van der Waals surface area contributed by atoms with Gasteiger partial charge in [-0.1, -0.05) is 12.5 Å². The summed E-state index contributed by atoms with van der Waals surface area (Å²) in [5.74, 6) is 0.112. The topological polar surface area (TPSA) is 53.0 Å². The summed E-state index contributed by atoms with van der Waals surface area (Å²) < 4.78 is 18.7. The Balaban J connectivity index is 1.44. The van der Waals surface area contributed by atoms with Gasteiger partial charge in [0.2, 0.25) is 5.91 Å². The van der Waals surface area contributed by atoms with Gasteiger partial charge in [0, 0.05) is 25.6 Å². The van der Waals surface area contributed by atoms with Gasteiger partial charge in [-0.2, -0.15) is 0 Å². The fourth-order valence-electron chi connectivity index (χ4n) is 3.56. The molecule has 1 aromatic carbocycles. The summed E-state index contributed by atoms with van der Waals surface area (Å²) in [5.41, 5.74) is -1.06. The fourth-order valence-corrected chi connectivity index (χ4v) is 3.56. The van der Waals surface area contributed by atoms with E-state index in [1.165, 1.54) is 31.4 Å². The number of β-amino-alcohol motifs (C(OH)–C–C–N with tert-alkyl or cyclic N) is 1. The number of piperidine rings is 1. The number of halogens is 1. The number of hydrogen-bond acceptors (Lipinski definition) is 4. The Labute approximate surface area is 148 Å². The van der Waals surface area contributed by atoms with Crippen molar-refractivity contribution in [3.8, 4) is 5.75 Å². The number of aliphatic hydroxyl groups is 1. The number of likely N-dealkylation sites (tertiary alicyclic amines) is 2. The predicted molar refractivity (Wildman–Crippen MR) is 92.9 cm³/mol. The maximum atomic E-state index is 13.2. The molecule has 0 aromatic heterocycles. The fraction of sp³-hybridized carbons (Fsp3) is 0.632. The van der Waals surface area contributed by atoms with Gasteiger partial charge in [-0.3, -0.25) is 4.79 Å². The zero-order valence-electron chi connectivity index (χ0n) is 14.6. The molecule has 5 nitrogen and oxygen atoms in total. The van der Waals surface area contributed by atoms with Gasteiger partial charge in [0.1, 0.15) is 23.8 Å². The van der Waals surface area contributed by atoms with E-state index in [-0.39, 0.29) is 24.9 Å². The molecule has 0 bridgehead atoms. The minimum absolute atomic E-state index is 0.0619. The summed E-state index contributed by atoms with van der Waals surface area (Å²) in [6.07, 6.45) is 4.71. The highest BCUT2D eigenvalue weighted by Crippen LogP contribution is 2.24. The molecule has 2 saturated heterocycles. The maximum absolute atomic E-state index is 13.2. The van der Waals surface area contributed by atoms with Gasteiger partial charge in [0.05, 0.1) is 6.54 Å². The van der Waals surface area contributed by atoms with Crippen molar-refractivity contribution in [1.82, 2.24) is 9.80 Å². The minimum Gasteiger partial charge on any atom is -0.490 e. The van der Waals surface area contributed by atoms with Crippen LogP contribution in [-0.2, 0) is 4.79 Å². The summed E-state index contributed by atoms with van der Waals surface area (Å²) in [5, 5.41) is 10.6. The standard InChI is InChI=1S/C19H27FN2O3/c20-16-5-4-6-17(13-16)25-15-19(24)8-12-22(14-19)18(23)7-11-21-9-2-1-3-10-21/h4-6,13,24H,1-3,7-12,14-15H2/t19-/m0/s1. The number of carbonyl (C=O) groups is 1. The third-order valence-electron chi connectivity index (χ3n) is 5.08. The van der Waals surface area contributed by atoms with E-state index in [1.807, 2.05) is 0 Å². The number of ether oxygens (including phenoxy) is 1. The lowest BCUT2D eigenvalue weighted by Gasteiger charge is -2.27. The van der Waals surface area contributed by atoms with Gasteiger partial charge in [0.25, 0.3) is 0 Å². The van der Waals surface area contributed by atoms with E-state index >= 15 is 0 Å². The number of hydrogen-bond donors (Lipinski definition) is 1. The van der Waals surface area contributed by atoms with Crippen LogP contribution >= 0.6 is 0 Å². The predicted octanol–water partition coefficient (Wildman–Crippen LogP) is 2.04. The van der Waals surface area contributed by atoms with Crippen LogP contribution in [0.4, 0.5) is 4.39 Å². The molecule has 138 valence electrons.